The van der Waals surface area contributed by atoms with E-state index in [-0.39, 0.29) is 18.8 Å². The lowest BCUT2D eigenvalue weighted by Crippen LogP contribution is -2.30. The number of amides is 2. The van der Waals surface area contributed by atoms with Crippen molar-refractivity contribution in [3.05, 3.63) is 0 Å². The van der Waals surface area contributed by atoms with Gasteiger partial charge in [0.2, 0.25) is 5.91 Å². The predicted octanol–water partition coefficient (Wildman–Crippen LogP) is 0.0165. The quantitative estimate of drug-likeness (QED) is 0.662. The van der Waals surface area contributed by atoms with Gasteiger partial charge >= 0.3 is 5.97 Å². The number of primary amides is 1. The lowest BCUT2D eigenvalue weighted by Gasteiger charge is -2.08. The summed E-state index contributed by atoms with van der Waals surface area (Å²) in [5.41, 5.74) is 6.89. The van der Waals surface area contributed by atoms with Crippen LogP contribution in [0.15, 0.2) is 0 Å². The molecule has 0 unspecified atom stereocenters. The van der Waals surface area contributed by atoms with E-state index in [1.54, 1.807) is 0 Å². The van der Waals surface area contributed by atoms with E-state index in [1.165, 1.54) is 0 Å². The molecule has 1 saturated carbocycles. The summed E-state index contributed by atoms with van der Waals surface area (Å²) in [6, 6.07) is 0. The monoisotopic (exact) mass is 228 g/mol. The maximum absolute atomic E-state index is 11.4. The normalized spacial score (nSPS) is 15.8. The number of hydrogen-bond acceptors (Lipinski definition) is 4. The molecular weight excluding hydrogens is 212 g/mol. The van der Waals surface area contributed by atoms with Gasteiger partial charge in [-0.25, -0.2) is 4.79 Å². The summed E-state index contributed by atoms with van der Waals surface area (Å²) in [4.78, 5) is 37.4. The summed E-state index contributed by atoms with van der Waals surface area (Å²) in [6.45, 7) is 0. The number of nitrogens with one attached hydrogen (secondary N) is 1. The van der Waals surface area contributed by atoms with Gasteiger partial charge in [0.1, 0.15) is 0 Å². The Labute approximate surface area is 93.5 Å². The molecule has 3 N–H and O–H groups in total. The molecule has 16 heavy (non-hydrogen) atoms. The summed E-state index contributed by atoms with van der Waals surface area (Å²) >= 11 is 0. The van der Waals surface area contributed by atoms with E-state index in [1.807, 2.05) is 5.48 Å². The Morgan fingerprint density at radius 1 is 1.19 bits per heavy atom. The first-order chi connectivity index (χ1) is 7.59. The first kappa shape index (κ1) is 12.5. The van der Waals surface area contributed by atoms with Crippen LogP contribution in [-0.4, -0.2) is 17.8 Å². The number of hydroxylamine groups is 1. The van der Waals surface area contributed by atoms with Gasteiger partial charge in [-0.15, -0.1) is 0 Å². The van der Waals surface area contributed by atoms with Crippen molar-refractivity contribution in [2.75, 3.05) is 0 Å². The molecule has 0 saturated heterocycles. The van der Waals surface area contributed by atoms with E-state index < -0.39 is 17.8 Å². The van der Waals surface area contributed by atoms with E-state index in [0.717, 1.165) is 25.7 Å². The number of carbonyl (C=O) groups excluding carboxylic acids is 3. The minimum atomic E-state index is -0.558. The van der Waals surface area contributed by atoms with Crippen LogP contribution in [-0.2, 0) is 19.2 Å². The molecule has 0 atom stereocenters. The molecule has 1 rings (SSSR count). The first-order valence-electron chi connectivity index (χ1n) is 5.37. The first-order valence-corrected chi connectivity index (χ1v) is 5.37. The van der Waals surface area contributed by atoms with Crippen LogP contribution in [0.2, 0.25) is 0 Å². The summed E-state index contributed by atoms with van der Waals surface area (Å²) in [5.74, 6) is -1.57. The largest absolute Gasteiger partial charge is 0.370 e. The van der Waals surface area contributed by atoms with Crippen molar-refractivity contribution in [2.45, 2.75) is 38.5 Å². The molecule has 6 nitrogen and oxygen atoms in total. The molecule has 0 aromatic heterocycles. The van der Waals surface area contributed by atoms with Crippen LogP contribution in [0.25, 0.3) is 0 Å². The van der Waals surface area contributed by atoms with Gasteiger partial charge in [0.25, 0.3) is 5.91 Å². The van der Waals surface area contributed by atoms with Crippen LogP contribution in [0, 0.1) is 5.92 Å². The molecule has 0 bridgehead atoms. The van der Waals surface area contributed by atoms with Gasteiger partial charge in [-0.05, 0) is 12.8 Å². The number of rotatable bonds is 4. The average Bonchev–Trinajstić information content (AvgIpc) is 2.76. The second-order valence-electron chi connectivity index (χ2n) is 3.89. The number of nitrogens with two attached hydrogens (primary N) is 1. The third kappa shape index (κ3) is 4.29. The zero-order valence-corrected chi connectivity index (χ0v) is 9.03. The van der Waals surface area contributed by atoms with Gasteiger partial charge < -0.3 is 10.6 Å². The van der Waals surface area contributed by atoms with E-state index >= 15 is 0 Å². The highest BCUT2D eigenvalue weighted by Crippen LogP contribution is 2.25. The van der Waals surface area contributed by atoms with Crippen LogP contribution in [0.4, 0.5) is 0 Å². The molecule has 0 heterocycles. The Kier molecular flexibility index (Phi) is 4.75. The van der Waals surface area contributed by atoms with Crippen molar-refractivity contribution >= 4 is 17.8 Å². The number of hydrogen-bond donors (Lipinski definition) is 2. The van der Waals surface area contributed by atoms with Crippen LogP contribution in [0.3, 0.4) is 0 Å². The summed E-state index contributed by atoms with van der Waals surface area (Å²) < 4.78 is 0. The third-order valence-corrected chi connectivity index (χ3v) is 2.55. The van der Waals surface area contributed by atoms with E-state index in [9.17, 15) is 14.4 Å². The minimum absolute atomic E-state index is 0.0488. The SMILES string of the molecule is NC(=O)CCC(=O)NOC(=O)C1CCCC1. The van der Waals surface area contributed by atoms with E-state index in [2.05, 4.69) is 4.84 Å². The van der Waals surface area contributed by atoms with Gasteiger partial charge in [-0.3, -0.25) is 9.59 Å². The fraction of sp³-hybridized carbons (Fsp3) is 0.700. The molecule has 0 aromatic carbocycles. The lowest BCUT2D eigenvalue weighted by molar-refractivity contribution is -0.162. The zero-order valence-electron chi connectivity index (χ0n) is 9.03. The van der Waals surface area contributed by atoms with Gasteiger partial charge in [0, 0.05) is 12.8 Å². The molecule has 6 heteroatoms. The zero-order chi connectivity index (χ0) is 12.0. The second-order valence-corrected chi connectivity index (χ2v) is 3.89. The van der Waals surface area contributed by atoms with Crippen molar-refractivity contribution < 1.29 is 19.2 Å². The lowest BCUT2D eigenvalue weighted by atomic mass is 10.1. The van der Waals surface area contributed by atoms with Crippen molar-refractivity contribution in [1.82, 2.24) is 5.48 Å². The summed E-state index contributed by atoms with van der Waals surface area (Å²) in [7, 11) is 0. The van der Waals surface area contributed by atoms with Crippen molar-refractivity contribution in [2.24, 2.45) is 11.7 Å². The number of carbonyl (C=O) groups is 3. The van der Waals surface area contributed by atoms with E-state index in [0.29, 0.717) is 0 Å². The Balaban J connectivity index is 2.15. The van der Waals surface area contributed by atoms with Crippen molar-refractivity contribution in [1.29, 1.82) is 0 Å². The van der Waals surface area contributed by atoms with Gasteiger partial charge in [-0.1, -0.05) is 12.8 Å². The Hall–Kier alpha value is -1.59. The fourth-order valence-electron chi connectivity index (χ4n) is 1.64. The van der Waals surface area contributed by atoms with Crippen LogP contribution >= 0.6 is 0 Å². The Bertz CT molecular complexity index is 285. The predicted molar refractivity (Wildman–Crippen MR) is 54.6 cm³/mol. The highest BCUT2D eigenvalue weighted by molar-refractivity contribution is 5.83. The topological polar surface area (TPSA) is 98.5 Å². The van der Waals surface area contributed by atoms with Gasteiger partial charge in [-0.2, -0.15) is 5.48 Å². The minimum Gasteiger partial charge on any atom is -0.370 e. The summed E-state index contributed by atoms with van der Waals surface area (Å²) in [6.07, 6.45) is 3.57. The molecule has 1 aliphatic rings. The van der Waals surface area contributed by atoms with Crippen molar-refractivity contribution in [3.63, 3.8) is 0 Å². The molecule has 1 aliphatic carbocycles. The molecule has 1 fully saturated rings. The van der Waals surface area contributed by atoms with Crippen molar-refractivity contribution in [3.8, 4) is 0 Å². The molecular formula is C10H16N2O4. The molecule has 2 amide bonds. The third-order valence-electron chi connectivity index (χ3n) is 2.55. The molecule has 0 aliphatic heterocycles. The maximum Gasteiger partial charge on any atom is 0.335 e. The molecule has 0 spiro atoms. The maximum atomic E-state index is 11.4. The highest BCUT2D eigenvalue weighted by Gasteiger charge is 2.24. The average molecular weight is 228 g/mol. The second kappa shape index (κ2) is 6.09. The Morgan fingerprint density at radius 3 is 2.38 bits per heavy atom. The highest BCUT2D eigenvalue weighted by atomic mass is 16.7. The fourth-order valence-corrected chi connectivity index (χ4v) is 1.64. The smallest absolute Gasteiger partial charge is 0.335 e. The van der Waals surface area contributed by atoms with Crippen LogP contribution in [0.5, 0.6) is 0 Å². The van der Waals surface area contributed by atoms with Gasteiger partial charge in [0.05, 0.1) is 5.92 Å². The van der Waals surface area contributed by atoms with E-state index in [4.69, 9.17) is 5.73 Å². The summed E-state index contributed by atoms with van der Waals surface area (Å²) in [5, 5.41) is 0. The Morgan fingerprint density at radius 2 is 1.81 bits per heavy atom. The molecule has 90 valence electrons. The molecule has 0 radical (unpaired) electrons. The standard InChI is InChI=1S/C10H16N2O4/c11-8(13)5-6-9(14)12-16-10(15)7-3-1-2-4-7/h7H,1-6H2,(H2,11,13)(H,12,14). The van der Waals surface area contributed by atoms with Gasteiger partial charge in [0.15, 0.2) is 0 Å². The molecule has 0 aromatic rings. The van der Waals surface area contributed by atoms with Crippen LogP contribution in [0.1, 0.15) is 38.5 Å². The van der Waals surface area contributed by atoms with Crippen LogP contribution < -0.4 is 11.2 Å².